The maximum Gasteiger partial charge on any atom is 0.222 e. The molecular weight excluding hydrogens is 332 g/mol. The van der Waals surface area contributed by atoms with Crippen LogP contribution in [0.25, 0.3) is 0 Å². The molecule has 0 atom stereocenters. The summed E-state index contributed by atoms with van der Waals surface area (Å²) >= 11 is 0. The second-order valence-electron chi connectivity index (χ2n) is 6.50. The molecule has 1 aliphatic heterocycles. The number of nitrogens with zero attached hydrogens (tertiary/aromatic N) is 6. The van der Waals surface area contributed by atoms with Gasteiger partial charge < -0.3 is 15.6 Å². The molecule has 0 fully saturated rings. The molecule has 3 aromatic heterocycles. The van der Waals surface area contributed by atoms with Crippen molar-refractivity contribution in [2.45, 2.75) is 25.9 Å². The van der Waals surface area contributed by atoms with Gasteiger partial charge in [-0.25, -0.2) is 4.98 Å². The van der Waals surface area contributed by atoms with Crippen molar-refractivity contribution in [2.24, 2.45) is 7.05 Å². The summed E-state index contributed by atoms with van der Waals surface area (Å²) in [7, 11) is 1.94. The van der Waals surface area contributed by atoms with Gasteiger partial charge in [-0.1, -0.05) is 5.16 Å². The van der Waals surface area contributed by atoms with Crippen molar-refractivity contribution in [2.75, 3.05) is 24.1 Å². The Morgan fingerprint density at radius 1 is 1.27 bits per heavy atom. The third kappa shape index (κ3) is 3.67. The van der Waals surface area contributed by atoms with Crippen LogP contribution < -0.4 is 11.1 Å². The summed E-state index contributed by atoms with van der Waals surface area (Å²) in [5.41, 5.74) is 10.1. The minimum absolute atomic E-state index is 0.298. The number of nitrogens with one attached hydrogen (secondary N) is 1. The van der Waals surface area contributed by atoms with Crippen molar-refractivity contribution in [1.82, 2.24) is 29.8 Å². The van der Waals surface area contributed by atoms with E-state index in [4.69, 9.17) is 10.3 Å². The molecule has 1 aliphatic rings. The quantitative estimate of drug-likeness (QED) is 0.698. The van der Waals surface area contributed by atoms with E-state index in [9.17, 15) is 0 Å². The van der Waals surface area contributed by atoms with Gasteiger partial charge in [0.1, 0.15) is 17.8 Å². The van der Waals surface area contributed by atoms with Crippen molar-refractivity contribution in [3.63, 3.8) is 0 Å². The van der Waals surface area contributed by atoms with Gasteiger partial charge in [-0.15, -0.1) is 0 Å². The van der Waals surface area contributed by atoms with E-state index in [1.54, 1.807) is 6.26 Å². The summed E-state index contributed by atoms with van der Waals surface area (Å²) in [6.07, 6.45) is 7.25. The van der Waals surface area contributed by atoms with Crippen LogP contribution in [0.2, 0.25) is 0 Å². The Hall–Kier alpha value is -2.94. The number of hydrogen-bond donors (Lipinski definition) is 2. The van der Waals surface area contributed by atoms with Gasteiger partial charge in [0.05, 0.1) is 18.4 Å². The monoisotopic (exact) mass is 354 g/mol. The molecule has 0 aliphatic carbocycles. The molecule has 3 N–H and O–H groups in total. The lowest BCUT2D eigenvalue weighted by atomic mass is 10.1. The minimum atomic E-state index is 0.298. The second-order valence-corrected chi connectivity index (χ2v) is 6.50. The minimum Gasteiger partial charge on any atom is -0.368 e. The van der Waals surface area contributed by atoms with Crippen molar-refractivity contribution in [3.8, 4) is 0 Å². The number of nitrogen functional groups attached to an aromatic ring is 1. The highest BCUT2D eigenvalue weighted by Crippen LogP contribution is 2.23. The predicted molar refractivity (Wildman–Crippen MR) is 96.2 cm³/mol. The number of rotatable bonds is 5. The van der Waals surface area contributed by atoms with Crippen LogP contribution >= 0.6 is 0 Å². The second kappa shape index (κ2) is 7.12. The van der Waals surface area contributed by atoms with E-state index in [-0.39, 0.29) is 0 Å². The summed E-state index contributed by atoms with van der Waals surface area (Å²) < 4.78 is 6.70. The maximum atomic E-state index is 5.92. The van der Waals surface area contributed by atoms with Crippen molar-refractivity contribution in [1.29, 1.82) is 0 Å². The third-order valence-electron chi connectivity index (χ3n) is 4.55. The molecule has 4 heterocycles. The third-order valence-corrected chi connectivity index (χ3v) is 4.55. The fourth-order valence-electron chi connectivity index (χ4n) is 3.28. The summed E-state index contributed by atoms with van der Waals surface area (Å²) in [6.45, 7) is 3.29. The standard InChI is InChI=1S/C17H22N8O/c1-24-10-12(8-20-24)11-25-5-2-14-15(3-6-25)21-17(18)22-16(14)19-9-13-4-7-26-23-13/h4,7-8,10H,2-3,5-6,9,11H2,1H3,(H3,18,19,21,22). The zero-order valence-corrected chi connectivity index (χ0v) is 14.7. The Bertz CT molecular complexity index is 873. The first-order valence-electron chi connectivity index (χ1n) is 8.65. The molecule has 26 heavy (non-hydrogen) atoms. The number of anilines is 2. The first-order valence-corrected chi connectivity index (χ1v) is 8.65. The number of hydrogen-bond acceptors (Lipinski definition) is 8. The summed E-state index contributed by atoms with van der Waals surface area (Å²) in [5, 5.41) is 11.5. The molecule has 9 heteroatoms. The smallest absolute Gasteiger partial charge is 0.222 e. The van der Waals surface area contributed by atoms with Crippen LogP contribution in [0.4, 0.5) is 11.8 Å². The van der Waals surface area contributed by atoms with Gasteiger partial charge in [-0.2, -0.15) is 10.1 Å². The van der Waals surface area contributed by atoms with Crippen molar-refractivity contribution >= 4 is 11.8 Å². The van der Waals surface area contributed by atoms with Gasteiger partial charge in [0.15, 0.2) is 0 Å². The topological polar surface area (TPSA) is 111 Å². The van der Waals surface area contributed by atoms with Gasteiger partial charge in [0.2, 0.25) is 5.95 Å². The van der Waals surface area contributed by atoms with Gasteiger partial charge in [0.25, 0.3) is 0 Å². The molecule has 0 aromatic carbocycles. The van der Waals surface area contributed by atoms with Crippen LogP contribution in [0.3, 0.4) is 0 Å². The normalized spacial score (nSPS) is 14.8. The van der Waals surface area contributed by atoms with Crippen LogP contribution in [0.5, 0.6) is 0 Å². The molecule has 4 rings (SSSR count). The molecule has 0 saturated heterocycles. The van der Waals surface area contributed by atoms with E-state index in [1.165, 1.54) is 5.56 Å². The van der Waals surface area contributed by atoms with Crippen LogP contribution in [-0.2, 0) is 33.0 Å². The summed E-state index contributed by atoms with van der Waals surface area (Å²) in [4.78, 5) is 11.3. The van der Waals surface area contributed by atoms with E-state index in [2.05, 4.69) is 36.6 Å². The fourth-order valence-corrected chi connectivity index (χ4v) is 3.28. The van der Waals surface area contributed by atoms with Crippen molar-refractivity contribution in [3.05, 3.63) is 47.2 Å². The van der Waals surface area contributed by atoms with Gasteiger partial charge in [-0.3, -0.25) is 9.58 Å². The Kier molecular flexibility index (Phi) is 4.53. The maximum absolute atomic E-state index is 5.92. The van der Waals surface area contributed by atoms with Crippen LogP contribution in [-0.4, -0.2) is 42.9 Å². The van der Waals surface area contributed by atoms with Gasteiger partial charge >= 0.3 is 0 Å². The molecule has 3 aromatic rings. The lowest BCUT2D eigenvalue weighted by molar-refractivity contribution is 0.279. The van der Waals surface area contributed by atoms with E-state index in [0.717, 1.165) is 55.2 Å². The average molecular weight is 354 g/mol. The Morgan fingerprint density at radius 2 is 2.15 bits per heavy atom. The number of aromatic nitrogens is 5. The molecule has 0 bridgehead atoms. The average Bonchev–Trinajstić information content (AvgIpc) is 3.23. The van der Waals surface area contributed by atoms with E-state index < -0.39 is 0 Å². The SMILES string of the molecule is Cn1cc(CN2CCc3nc(N)nc(NCc4ccon4)c3CC2)cn1. The fraction of sp³-hybridized carbons (Fsp3) is 0.412. The van der Waals surface area contributed by atoms with Crippen LogP contribution in [0.15, 0.2) is 29.2 Å². The lowest BCUT2D eigenvalue weighted by Crippen LogP contribution is -2.25. The molecule has 0 unspecified atom stereocenters. The van der Waals surface area contributed by atoms with E-state index in [0.29, 0.717) is 12.5 Å². The summed E-state index contributed by atoms with van der Waals surface area (Å²) in [5.74, 6) is 1.09. The van der Waals surface area contributed by atoms with Gasteiger partial charge in [0, 0.05) is 56.5 Å². The predicted octanol–water partition coefficient (Wildman–Crippen LogP) is 0.993. The number of aryl methyl sites for hydroxylation is 1. The van der Waals surface area contributed by atoms with E-state index in [1.807, 2.05) is 24.0 Å². The molecule has 9 nitrogen and oxygen atoms in total. The first kappa shape index (κ1) is 16.5. The number of nitrogens with two attached hydrogens (primary N) is 1. The van der Waals surface area contributed by atoms with Crippen LogP contribution in [0.1, 0.15) is 22.5 Å². The van der Waals surface area contributed by atoms with Crippen LogP contribution in [0, 0.1) is 0 Å². The highest BCUT2D eigenvalue weighted by Gasteiger charge is 2.20. The summed E-state index contributed by atoms with van der Waals surface area (Å²) in [6, 6.07) is 1.83. The Labute approximate surface area is 151 Å². The molecule has 0 saturated carbocycles. The molecule has 0 radical (unpaired) electrons. The molecule has 136 valence electrons. The van der Waals surface area contributed by atoms with E-state index >= 15 is 0 Å². The highest BCUT2D eigenvalue weighted by atomic mass is 16.5. The zero-order valence-electron chi connectivity index (χ0n) is 14.7. The lowest BCUT2D eigenvalue weighted by Gasteiger charge is -2.18. The molecule has 0 spiro atoms. The zero-order chi connectivity index (χ0) is 17.9. The van der Waals surface area contributed by atoms with Gasteiger partial charge in [-0.05, 0) is 6.42 Å². The Balaban J connectivity index is 1.48. The number of fused-ring (bicyclic) bond motifs is 1. The largest absolute Gasteiger partial charge is 0.368 e. The van der Waals surface area contributed by atoms with Crippen molar-refractivity contribution < 1.29 is 4.52 Å². The Morgan fingerprint density at radius 3 is 2.92 bits per heavy atom. The molecule has 0 amide bonds. The highest BCUT2D eigenvalue weighted by molar-refractivity contribution is 5.50. The first-order chi connectivity index (χ1) is 12.7. The molecular formula is C17H22N8O.